The minimum atomic E-state index is -0.457. The lowest BCUT2D eigenvalue weighted by Gasteiger charge is -2.12. The van der Waals surface area contributed by atoms with Crippen molar-refractivity contribution in [2.75, 3.05) is 12.4 Å². The smallest absolute Gasteiger partial charge is 0.278 e. The molecule has 0 saturated heterocycles. The first kappa shape index (κ1) is 18.4. The first-order valence-corrected chi connectivity index (χ1v) is 8.90. The summed E-state index contributed by atoms with van der Waals surface area (Å²) in [6.07, 6.45) is 1.19. The number of oxazole rings is 1. The maximum atomic E-state index is 13.2. The fourth-order valence-electron chi connectivity index (χ4n) is 3.01. The third kappa shape index (κ3) is 3.87. The molecule has 0 aliphatic carbocycles. The molecule has 0 aliphatic heterocycles. The van der Waals surface area contributed by atoms with Crippen molar-refractivity contribution in [2.24, 2.45) is 0 Å². The molecule has 0 bridgehead atoms. The third-order valence-corrected chi connectivity index (χ3v) is 4.44. The van der Waals surface area contributed by atoms with Gasteiger partial charge in [0.1, 0.15) is 11.6 Å². The average Bonchev–Trinajstić information content (AvgIpc) is 3.25. The van der Waals surface area contributed by atoms with E-state index in [1.54, 1.807) is 6.07 Å². The summed E-state index contributed by atoms with van der Waals surface area (Å²) in [6.45, 7) is 0. The van der Waals surface area contributed by atoms with Gasteiger partial charge >= 0.3 is 0 Å². The average molecular weight is 388 g/mol. The van der Waals surface area contributed by atoms with E-state index in [4.69, 9.17) is 9.15 Å². The fourth-order valence-corrected chi connectivity index (χ4v) is 3.01. The van der Waals surface area contributed by atoms with Gasteiger partial charge < -0.3 is 14.5 Å². The summed E-state index contributed by atoms with van der Waals surface area (Å²) in [4.78, 5) is 16.9. The van der Waals surface area contributed by atoms with Gasteiger partial charge in [-0.1, -0.05) is 36.4 Å². The molecule has 29 heavy (non-hydrogen) atoms. The van der Waals surface area contributed by atoms with Crippen LogP contribution < -0.4 is 10.1 Å². The van der Waals surface area contributed by atoms with Crippen LogP contribution in [0.2, 0.25) is 0 Å². The molecule has 3 aromatic carbocycles. The molecule has 1 N–H and O–H groups in total. The Kier molecular flexibility index (Phi) is 5.07. The zero-order valence-corrected chi connectivity index (χ0v) is 15.6. The van der Waals surface area contributed by atoms with Crippen LogP contribution in [-0.2, 0) is 0 Å². The van der Waals surface area contributed by atoms with Crippen LogP contribution in [0.5, 0.6) is 5.75 Å². The highest BCUT2D eigenvalue weighted by Crippen LogP contribution is 2.32. The predicted molar refractivity (Wildman–Crippen MR) is 108 cm³/mol. The number of hydrogen-bond acceptors (Lipinski definition) is 4. The van der Waals surface area contributed by atoms with E-state index in [2.05, 4.69) is 10.3 Å². The summed E-state index contributed by atoms with van der Waals surface area (Å²) in [5, 5.41) is 2.84. The van der Waals surface area contributed by atoms with Crippen molar-refractivity contribution in [3.63, 3.8) is 0 Å². The lowest BCUT2D eigenvalue weighted by atomic mass is 10.0. The molecule has 1 heterocycles. The zero-order valence-electron chi connectivity index (χ0n) is 15.6. The molecule has 0 radical (unpaired) electrons. The number of amides is 1. The Morgan fingerprint density at radius 2 is 1.69 bits per heavy atom. The van der Waals surface area contributed by atoms with Crippen molar-refractivity contribution >= 4 is 11.6 Å². The van der Waals surface area contributed by atoms with E-state index in [0.717, 1.165) is 11.1 Å². The number of carbonyl (C=O) groups is 1. The molecule has 6 heteroatoms. The van der Waals surface area contributed by atoms with Crippen LogP contribution in [0.15, 0.2) is 83.6 Å². The van der Waals surface area contributed by atoms with E-state index in [0.29, 0.717) is 17.0 Å². The quantitative estimate of drug-likeness (QED) is 0.497. The standard InChI is InChI=1S/C23H17FN2O3/c1-28-20-12-9-17(15-5-3-2-4-6-15)13-19(20)26-23(27)21-22(29-14-25-21)16-7-10-18(24)11-8-16/h2-14H,1H3,(H,26,27). The summed E-state index contributed by atoms with van der Waals surface area (Å²) in [6, 6.07) is 21.0. The number of nitrogens with one attached hydrogen (secondary N) is 1. The Morgan fingerprint density at radius 1 is 0.966 bits per heavy atom. The second kappa shape index (κ2) is 7.98. The van der Waals surface area contributed by atoms with Gasteiger partial charge in [0.15, 0.2) is 17.8 Å². The van der Waals surface area contributed by atoms with E-state index in [1.165, 1.54) is 37.8 Å². The van der Waals surface area contributed by atoms with E-state index in [1.807, 2.05) is 42.5 Å². The van der Waals surface area contributed by atoms with E-state index in [-0.39, 0.29) is 17.3 Å². The Labute approximate surface area is 166 Å². The van der Waals surface area contributed by atoms with Crippen molar-refractivity contribution in [1.29, 1.82) is 0 Å². The summed E-state index contributed by atoms with van der Waals surface area (Å²) in [5.41, 5.74) is 3.11. The van der Waals surface area contributed by atoms with Gasteiger partial charge in [0.2, 0.25) is 0 Å². The molecule has 0 aliphatic rings. The van der Waals surface area contributed by atoms with Gasteiger partial charge in [-0.15, -0.1) is 0 Å². The number of anilines is 1. The Bertz CT molecular complexity index is 1140. The van der Waals surface area contributed by atoms with Gasteiger partial charge in [-0.2, -0.15) is 0 Å². The lowest BCUT2D eigenvalue weighted by molar-refractivity contribution is 0.102. The predicted octanol–water partition coefficient (Wildman–Crippen LogP) is 5.41. The van der Waals surface area contributed by atoms with Crippen molar-refractivity contribution in [1.82, 2.24) is 4.98 Å². The normalized spacial score (nSPS) is 10.6. The minimum Gasteiger partial charge on any atom is -0.495 e. The van der Waals surface area contributed by atoms with Crippen molar-refractivity contribution in [3.05, 3.63) is 90.7 Å². The van der Waals surface area contributed by atoms with Gasteiger partial charge in [-0.05, 0) is 47.5 Å². The van der Waals surface area contributed by atoms with Crippen LogP contribution in [0.1, 0.15) is 10.5 Å². The number of nitrogens with zero attached hydrogens (tertiary/aromatic N) is 1. The van der Waals surface area contributed by atoms with Crippen LogP contribution in [0.3, 0.4) is 0 Å². The second-order valence-corrected chi connectivity index (χ2v) is 6.27. The lowest BCUT2D eigenvalue weighted by Crippen LogP contribution is -2.14. The fraction of sp³-hybridized carbons (Fsp3) is 0.0435. The monoisotopic (exact) mass is 388 g/mol. The van der Waals surface area contributed by atoms with Crippen LogP contribution in [0.4, 0.5) is 10.1 Å². The number of methoxy groups -OCH3 is 1. The summed E-state index contributed by atoms with van der Waals surface area (Å²) >= 11 is 0. The zero-order chi connectivity index (χ0) is 20.2. The first-order valence-electron chi connectivity index (χ1n) is 8.90. The Morgan fingerprint density at radius 3 is 2.41 bits per heavy atom. The molecular formula is C23H17FN2O3. The second-order valence-electron chi connectivity index (χ2n) is 6.27. The topological polar surface area (TPSA) is 64.4 Å². The molecule has 5 nitrogen and oxygen atoms in total. The molecule has 4 rings (SSSR count). The highest BCUT2D eigenvalue weighted by Gasteiger charge is 2.20. The van der Waals surface area contributed by atoms with Crippen molar-refractivity contribution < 1.29 is 18.3 Å². The van der Waals surface area contributed by atoms with Gasteiger partial charge in [-0.25, -0.2) is 9.37 Å². The third-order valence-electron chi connectivity index (χ3n) is 4.44. The molecule has 0 saturated carbocycles. The molecule has 0 fully saturated rings. The molecule has 4 aromatic rings. The largest absolute Gasteiger partial charge is 0.495 e. The van der Waals surface area contributed by atoms with Gasteiger partial charge in [0.05, 0.1) is 12.8 Å². The Hall–Kier alpha value is -3.93. The number of ether oxygens (including phenoxy) is 1. The number of halogens is 1. The maximum absolute atomic E-state index is 13.2. The maximum Gasteiger partial charge on any atom is 0.278 e. The van der Waals surface area contributed by atoms with Gasteiger partial charge in [0.25, 0.3) is 5.91 Å². The summed E-state index contributed by atoms with van der Waals surface area (Å²) in [5.74, 6) is -0.0474. The van der Waals surface area contributed by atoms with E-state index in [9.17, 15) is 9.18 Å². The first-order chi connectivity index (χ1) is 14.2. The highest BCUT2D eigenvalue weighted by molar-refractivity contribution is 6.07. The number of carbonyl (C=O) groups excluding carboxylic acids is 1. The van der Waals surface area contributed by atoms with Crippen molar-refractivity contribution in [2.45, 2.75) is 0 Å². The molecule has 144 valence electrons. The SMILES string of the molecule is COc1ccc(-c2ccccc2)cc1NC(=O)c1ncoc1-c1ccc(F)cc1. The minimum absolute atomic E-state index is 0.101. The highest BCUT2D eigenvalue weighted by atomic mass is 19.1. The van der Waals surface area contributed by atoms with Crippen LogP contribution in [-0.4, -0.2) is 18.0 Å². The number of rotatable bonds is 5. The summed E-state index contributed by atoms with van der Waals surface area (Å²) in [7, 11) is 1.53. The van der Waals surface area contributed by atoms with Crippen LogP contribution in [0, 0.1) is 5.82 Å². The van der Waals surface area contributed by atoms with Crippen LogP contribution in [0.25, 0.3) is 22.5 Å². The van der Waals surface area contributed by atoms with E-state index >= 15 is 0 Å². The van der Waals surface area contributed by atoms with Crippen molar-refractivity contribution in [3.8, 4) is 28.2 Å². The molecule has 1 aromatic heterocycles. The van der Waals surface area contributed by atoms with Gasteiger partial charge in [-0.3, -0.25) is 4.79 Å². The Balaban J connectivity index is 1.65. The number of hydrogen-bond donors (Lipinski definition) is 1. The molecule has 0 unspecified atom stereocenters. The number of benzene rings is 3. The van der Waals surface area contributed by atoms with Gasteiger partial charge in [0, 0.05) is 5.56 Å². The van der Waals surface area contributed by atoms with E-state index < -0.39 is 5.91 Å². The van der Waals surface area contributed by atoms with Crippen LogP contribution >= 0.6 is 0 Å². The molecule has 0 spiro atoms. The molecular weight excluding hydrogens is 371 g/mol. The summed E-state index contributed by atoms with van der Waals surface area (Å²) < 4.78 is 24.0. The number of aromatic nitrogens is 1. The molecule has 1 amide bonds. The molecule has 0 atom stereocenters.